The van der Waals surface area contributed by atoms with E-state index >= 15 is 0 Å². The summed E-state index contributed by atoms with van der Waals surface area (Å²) in [6, 6.07) is 6.82. The normalized spacial score (nSPS) is 21.3. The van der Waals surface area contributed by atoms with Gasteiger partial charge >= 0.3 is 0 Å². The van der Waals surface area contributed by atoms with E-state index in [1.54, 1.807) is 11.6 Å². The quantitative estimate of drug-likeness (QED) is 0.562. The molecular formula is C27H31N7O2. The lowest BCUT2D eigenvalue weighted by Gasteiger charge is -2.35. The summed E-state index contributed by atoms with van der Waals surface area (Å²) in [5.74, 6) is 1.35. The van der Waals surface area contributed by atoms with E-state index in [0.29, 0.717) is 31.2 Å². The van der Waals surface area contributed by atoms with Crippen molar-refractivity contribution in [1.29, 1.82) is 5.26 Å². The SMILES string of the molecule is CC(=O)N1CCc2c(c(N3CCC(C)c4cc(-c5cnn(C)c5)c(C#N)cc43)nn2[C@H]2CCOC2)C1. The van der Waals surface area contributed by atoms with E-state index in [-0.39, 0.29) is 11.9 Å². The number of carbonyl (C=O) groups excluding carboxylic acids is 1. The number of carbonyl (C=O) groups is 1. The first kappa shape index (κ1) is 22.8. The lowest BCUT2D eigenvalue weighted by atomic mass is 9.87. The third kappa shape index (κ3) is 3.68. The zero-order valence-electron chi connectivity index (χ0n) is 21.1. The Morgan fingerprint density at radius 3 is 2.81 bits per heavy atom. The van der Waals surface area contributed by atoms with Crippen LogP contribution in [0.1, 0.15) is 61.0 Å². The van der Waals surface area contributed by atoms with E-state index < -0.39 is 0 Å². The summed E-state index contributed by atoms with van der Waals surface area (Å²) in [5.41, 5.74) is 7.07. The smallest absolute Gasteiger partial charge is 0.219 e. The number of amides is 1. The number of hydrogen-bond acceptors (Lipinski definition) is 6. The summed E-state index contributed by atoms with van der Waals surface area (Å²) in [6.07, 6.45) is 6.48. The molecule has 0 saturated carbocycles. The Bertz CT molecular complexity index is 1380. The standard InChI is InChI=1S/C27H31N7O2/c1-17-4-8-33(26-10-19(12-28)23(11-22(17)26)20-13-29-31(3)14-20)27-24-15-32(18(2)35)7-5-25(24)34(30-27)21-6-9-36-16-21/h10-11,13-14,17,21H,4-9,15-16H2,1-3H3/t17?,21-/m0/s1. The van der Waals surface area contributed by atoms with Crippen molar-refractivity contribution in [1.82, 2.24) is 24.5 Å². The van der Waals surface area contributed by atoms with Crippen LogP contribution in [0.5, 0.6) is 0 Å². The van der Waals surface area contributed by atoms with E-state index in [1.807, 2.05) is 30.4 Å². The van der Waals surface area contributed by atoms with Gasteiger partial charge in [-0.25, -0.2) is 0 Å². The molecule has 0 radical (unpaired) electrons. The molecule has 0 aliphatic carbocycles. The fourth-order valence-corrected chi connectivity index (χ4v) is 5.87. The van der Waals surface area contributed by atoms with Gasteiger partial charge in [0, 0.05) is 74.4 Å². The minimum Gasteiger partial charge on any atom is -0.379 e. The molecule has 2 atom stereocenters. The van der Waals surface area contributed by atoms with E-state index in [9.17, 15) is 10.1 Å². The van der Waals surface area contributed by atoms with Crippen LogP contribution in [0.2, 0.25) is 0 Å². The molecule has 1 saturated heterocycles. The topological polar surface area (TPSA) is 92.2 Å². The Kier molecular flexibility index (Phi) is 5.56. The molecule has 1 fully saturated rings. The van der Waals surface area contributed by atoms with Gasteiger partial charge in [0.1, 0.15) is 0 Å². The molecule has 9 nitrogen and oxygen atoms in total. The fraction of sp³-hybridized carbons (Fsp3) is 0.481. The Morgan fingerprint density at radius 1 is 1.25 bits per heavy atom. The van der Waals surface area contributed by atoms with Crippen LogP contribution in [0.4, 0.5) is 11.5 Å². The maximum atomic E-state index is 12.3. The zero-order chi connectivity index (χ0) is 25.0. The summed E-state index contributed by atoms with van der Waals surface area (Å²) in [5, 5.41) is 19.6. The molecule has 1 aromatic carbocycles. The third-order valence-electron chi connectivity index (χ3n) is 7.93. The van der Waals surface area contributed by atoms with Crippen LogP contribution >= 0.6 is 0 Å². The highest BCUT2D eigenvalue weighted by Gasteiger charge is 2.35. The molecule has 2 aromatic heterocycles. The lowest BCUT2D eigenvalue weighted by molar-refractivity contribution is -0.129. The van der Waals surface area contributed by atoms with Gasteiger partial charge in [-0.1, -0.05) is 6.92 Å². The summed E-state index contributed by atoms with van der Waals surface area (Å²) < 4.78 is 9.62. The minimum absolute atomic E-state index is 0.0871. The Labute approximate surface area is 210 Å². The van der Waals surface area contributed by atoms with Crippen LogP contribution in [-0.2, 0) is 29.5 Å². The van der Waals surface area contributed by atoms with E-state index in [4.69, 9.17) is 9.84 Å². The van der Waals surface area contributed by atoms with Gasteiger partial charge in [0.05, 0.1) is 37.0 Å². The number of nitriles is 1. The molecule has 3 aliphatic rings. The summed E-state index contributed by atoms with van der Waals surface area (Å²) in [6.45, 7) is 7.39. The lowest BCUT2D eigenvalue weighted by Crippen LogP contribution is -2.36. The van der Waals surface area contributed by atoms with Crippen molar-refractivity contribution >= 4 is 17.4 Å². The molecule has 0 N–H and O–H groups in total. The first-order chi connectivity index (χ1) is 17.4. The maximum absolute atomic E-state index is 12.3. The molecule has 3 aromatic rings. The summed E-state index contributed by atoms with van der Waals surface area (Å²) in [4.78, 5) is 16.5. The maximum Gasteiger partial charge on any atom is 0.219 e. The molecule has 0 bridgehead atoms. The van der Waals surface area contributed by atoms with Crippen molar-refractivity contribution in [3.8, 4) is 17.2 Å². The van der Waals surface area contributed by atoms with Gasteiger partial charge in [-0.2, -0.15) is 15.5 Å². The first-order valence-corrected chi connectivity index (χ1v) is 12.7. The number of fused-ring (bicyclic) bond motifs is 2. The molecule has 1 amide bonds. The van der Waals surface area contributed by atoms with Crippen molar-refractivity contribution in [2.75, 3.05) is 31.2 Å². The van der Waals surface area contributed by atoms with Crippen LogP contribution in [0.25, 0.3) is 11.1 Å². The zero-order valence-corrected chi connectivity index (χ0v) is 21.1. The second-order valence-corrected chi connectivity index (χ2v) is 10.2. The van der Waals surface area contributed by atoms with Gasteiger partial charge in [-0.05, 0) is 36.5 Å². The second kappa shape index (κ2) is 8.79. The molecule has 3 aliphatic heterocycles. The fourth-order valence-electron chi connectivity index (χ4n) is 5.87. The summed E-state index contributed by atoms with van der Waals surface area (Å²) >= 11 is 0. The highest BCUT2D eigenvalue weighted by Crippen LogP contribution is 2.44. The minimum atomic E-state index is 0.0871. The van der Waals surface area contributed by atoms with Crippen LogP contribution in [0.15, 0.2) is 24.5 Å². The molecular weight excluding hydrogens is 454 g/mol. The number of nitrogens with zero attached hydrogens (tertiary/aromatic N) is 7. The molecule has 186 valence electrons. The number of aryl methyl sites for hydroxylation is 1. The van der Waals surface area contributed by atoms with Gasteiger partial charge in [-0.15, -0.1) is 0 Å². The number of anilines is 2. The predicted octanol–water partition coefficient (Wildman–Crippen LogP) is 3.67. The predicted molar refractivity (Wildman–Crippen MR) is 135 cm³/mol. The van der Waals surface area contributed by atoms with Gasteiger partial charge < -0.3 is 14.5 Å². The molecule has 36 heavy (non-hydrogen) atoms. The molecule has 1 unspecified atom stereocenters. The number of rotatable bonds is 3. The van der Waals surface area contributed by atoms with E-state index in [2.05, 4.69) is 33.7 Å². The number of hydrogen-bond donors (Lipinski definition) is 0. The monoisotopic (exact) mass is 485 g/mol. The van der Waals surface area contributed by atoms with Crippen molar-refractivity contribution in [2.45, 2.75) is 51.6 Å². The van der Waals surface area contributed by atoms with E-state index in [1.165, 1.54) is 11.3 Å². The van der Waals surface area contributed by atoms with E-state index in [0.717, 1.165) is 60.6 Å². The molecule has 6 rings (SSSR count). The number of benzene rings is 1. The third-order valence-corrected chi connectivity index (χ3v) is 7.93. The Balaban J connectivity index is 1.49. The van der Waals surface area contributed by atoms with Crippen LogP contribution in [0, 0.1) is 11.3 Å². The summed E-state index contributed by atoms with van der Waals surface area (Å²) in [7, 11) is 1.89. The highest BCUT2D eigenvalue weighted by molar-refractivity contribution is 5.79. The Hall–Kier alpha value is -3.64. The van der Waals surface area contributed by atoms with Crippen molar-refractivity contribution in [2.24, 2.45) is 7.05 Å². The average molecular weight is 486 g/mol. The first-order valence-electron chi connectivity index (χ1n) is 12.7. The number of ether oxygens (including phenoxy) is 1. The van der Waals surface area contributed by atoms with Crippen molar-refractivity contribution < 1.29 is 9.53 Å². The van der Waals surface area contributed by atoms with Crippen LogP contribution in [-0.4, -0.2) is 56.7 Å². The van der Waals surface area contributed by atoms with Crippen molar-refractivity contribution in [3.63, 3.8) is 0 Å². The van der Waals surface area contributed by atoms with Gasteiger partial charge in [0.25, 0.3) is 0 Å². The van der Waals surface area contributed by atoms with Gasteiger partial charge in [0.15, 0.2) is 5.82 Å². The van der Waals surface area contributed by atoms with Gasteiger partial charge in [-0.3, -0.25) is 14.2 Å². The number of aromatic nitrogens is 4. The molecule has 0 spiro atoms. The Morgan fingerprint density at radius 2 is 2.11 bits per heavy atom. The second-order valence-electron chi connectivity index (χ2n) is 10.2. The largest absolute Gasteiger partial charge is 0.379 e. The van der Waals surface area contributed by atoms with Crippen LogP contribution < -0.4 is 4.90 Å². The average Bonchev–Trinajstić information content (AvgIpc) is 3.63. The highest BCUT2D eigenvalue weighted by atomic mass is 16.5. The van der Waals surface area contributed by atoms with Crippen molar-refractivity contribution in [3.05, 3.63) is 46.9 Å². The molecule has 5 heterocycles. The molecule has 9 heteroatoms. The van der Waals surface area contributed by atoms with Gasteiger partial charge in [0.2, 0.25) is 5.91 Å². The van der Waals surface area contributed by atoms with Crippen LogP contribution in [0.3, 0.4) is 0 Å².